The van der Waals surface area contributed by atoms with Crippen LogP contribution >= 0.6 is 0 Å². The van der Waals surface area contributed by atoms with Crippen molar-refractivity contribution in [1.29, 1.82) is 0 Å². The summed E-state index contributed by atoms with van der Waals surface area (Å²) in [4.78, 5) is 9.57. The van der Waals surface area contributed by atoms with Crippen molar-refractivity contribution in [2.24, 2.45) is 0 Å². The fraction of sp³-hybridized carbons (Fsp3) is 0.333. The van der Waals surface area contributed by atoms with Crippen molar-refractivity contribution in [3.05, 3.63) is 39.7 Å². The Bertz CT molecular complexity index is 403. The van der Waals surface area contributed by atoms with Crippen LogP contribution in [-0.4, -0.2) is 11.2 Å². The third kappa shape index (κ3) is 1.81. The van der Waals surface area contributed by atoms with Crippen LogP contribution in [0.1, 0.15) is 18.8 Å². The average molecular weight is 213 g/mol. The second-order valence-corrected chi connectivity index (χ2v) is 3.14. The molecule has 0 bridgehead atoms. The van der Waals surface area contributed by atoms with Gasteiger partial charge in [-0.3, -0.25) is 10.1 Å². The molecule has 1 aromatic rings. The standard InChI is InChI=1S/C9H8FNO4/c1-5-14-9(15-5)6-2-3-8(11(12)13)7(10)4-6/h2-5,9H,1H3. The number of rotatable bonds is 2. The van der Waals surface area contributed by atoms with E-state index in [2.05, 4.69) is 0 Å². The molecule has 0 amide bonds. The number of nitro groups is 1. The number of hydrogen-bond acceptors (Lipinski definition) is 4. The Balaban J connectivity index is 2.22. The van der Waals surface area contributed by atoms with Crippen LogP contribution in [-0.2, 0) is 9.47 Å². The Morgan fingerprint density at radius 2 is 2.13 bits per heavy atom. The first-order valence-electron chi connectivity index (χ1n) is 4.32. The first-order chi connectivity index (χ1) is 7.08. The minimum absolute atomic E-state index is 0.312. The fourth-order valence-electron chi connectivity index (χ4n) is 1.33. The van der Waals surface area contributed by atoms with Gasteiger partial charge in [-0.2, -0.15) is 4.39 Å². The Morgan fingerprint density at radius 1 is 1.47 bits per heavy atom. The first kappa shape index (κ1) is 10.0. The minimum atomic E-state index is -0.885. The quantitative estimate of drug-likeness (QED) is 0.557. The summed E-state index contributed by atoms with van der Waals surface area (Å²) in [5.41, 5.74) is -0.109. The lowest BCUT2D eigenvalue weighted by Crippen LogP contribution is -2.31. The Morgan fingerprint density at radius 3 is 2.60 bits per heavy atom. The van der Waals surface area contributed by atoms with Gasteiger partial charge in [-0.1, -0.05) is 0 Å². The van der Waals surface area contributed by atoms with E-state index in [0.717, 1.165) is 12.1 Å². The predicted molar refractivity (Wildman–Crippen MR) is 47.4 cm³/mol. The number of nitrogens with zero attached hydrogens (tertiary/aromatic N) is 1. The highest BCUT2D eigenvalue weighted by atomic mass is 19.1. The molecule has 0 N–H and O–H groups in total. The molecule has 15 heavy (non-hydrogen) atoms. The van der Waals surface area contributed by atoms with E-state index < -0.39 is 22.7 Å². The fourth-order valence-corrected chi connectivity index (χ4v) is 1.33. The SMILES string of the molecule is CC1OC(c2ccc([N+](=O)[O-])c(F)c2)O1. The maximum Gasteiger partial charge on any atom is 0.304 e. The summed E-state index contributed by atoms with van der Waals surface area (Å²) in [5.74, 6) is -0.885. The van der Waals surface area contributed by atoms with Crippen LogP contribution in [0.2, 0.25) is 0 Å². The van der Waals surface area contributed by atoms with Gasteiger partial charge < -0.3 is 9.47 Å². The molecule has 80 valence electrons. The second kappa shape index (κ2) is 3.56. The van der Waals surface area contributed by atoms with E-state index in [9.17, 15) is 14.5 Å². The molecule has 0 saturated carbocycles. The summed E-state index contributed by atoms with van der Waals surface area (Å²) in [6, 6.07) is 3.56. The molecule has 1 aliphatic rings. The number of benzene rings is 1. The lowest BCUT2D eigenvalue weighted by Gasteiger charge is -2.33. The second-order valence-electron chi connectivity index (χ2n) is 3.14. The van der Waals surface area contributed by atoms with Crippen LogP contribution in [0.5, 0.6) is 0 Å². The van der Waals surface area contributed by atoms with Gasteiger partial charge in [0.25, 0.3) is 0 Å². The van der Waals surface area contributed by atoms with Crippen molar-refractivity contribution in [3.8, 4) is 0 Å². The zero-order valence-electron chi connectivity index (χ0n) is 7.84. The molecular formula is C9H8FNO4. The van der Waals surface area contributed by atoms with Crippen molar-refractivity contribution >= 4 is 5.69 Å². The molecule has 0 spiro atoms. The van der Waals surface area contributed by atoms with Crippen LogP contribution < -0.4 is 0 Å². The van der Waals surface area contributed by atoms with E-state index in [1.807, 2.05) is 0 Å². The zero-order valence-corrected chi connectivity index (χ0v) is 7.84. The average Bonchev–Trinajstić information content (AvgIpc) is 2.12. The van der Waals surface area contributed by atoms with Gasteiger partial charge in [0.1, 0.15) is 0 Å². The van der Waals surface area contributed by atoms with Gasteiger partial charge in [0.05, 0.1) is 4.92 Å². The van der Waals surface area contributed by atoms with Crippen LogP contribution in [0.25, 0.3) is 0 Å². The van der Waals surface area contributed by atoms with Gasteiger partial charge in [0, 0.05) is 11.6 Å². The van der Waals surface area contributed by atoms with E-state index in [0.29, 0.717) is 5.56 Å². The lowest BCUT2D eigenvalue weighted by molar-refractivity contribution is -0.388. The van der Waals surface area contributed by atoms with Crippen molar-refractivity contribution in [2.45, 2.75) is 19.5 Å². The molecule has 6 heteroatoms. The molecule has 0 aromatic heterocycles. The van der Waals surface area contributed by atoms with E-state index in [1.54, 1.807) is 6.92 Å². The van der Waals surface area contributed by atoms with Crippen LogP contribution in [0.15, 0.2) is 18.2 Å². The lowest BCUT2D eigenvalue weighted by atomic mass is 10.2. The van der Waals surface area contributed by atoms with Gasteiger partial charge in [-0.25, -0.2) is 0 Å². The third-order valence-electron chi connectivity index (χ3n) is 2.07. The largest absolute Gasteiger partial charge is 0.320 e. The van der Waals surface area contributed by atoms with E-state index in [-0.39, 0.29) is 6.29 Å². The molecular weight excluding hydrogens is 205 g/mol. The molecule has 5 nitrogen and oxygen atoms in total. The zero-order chi connectivity index (χ0) is 11.0. The highest BCUT2D eigenvalue weighted by Crippen LogP contribution is 2.32. The molecule has 1 heterocycles. The van der Waals surface area contributed by atoms with Gasteiger partial charge in [-0.05, 0) is 19.1 Å². The van der Waals surface area contributed by atoms with Crippen molar-refractivity contribution < 1.29 is 18.8 Å². The van der Waals surface area contributed by atoms with Crippen LogP contribution in [0.4, 0.5) is 10.1 Å². The van der Waals surface area contributed by atoms with Crippen molar-refractivity contribution in [2.75, 3.05) is 0 Å². The Hall–Kier alpha value is -1.53. The van der Waals surface area contributed by atoms with Gasteiger partial charge >= 0.3 is 5.69 Å². The van der Waals surface area contributed by atoms with Gasteiger partial charge in [0.15, 0.2) is 12.6 Å². The maximum absolute atomic E-state index is 13.2. The van der Waals surface area contributed by atoms with Gasteiger partial charge in [-0.15, -0.1) is 0 Å². The summed E-state index contributed by atoms with van der Waals surface area (Å²) in [7, 11) is 0. The number of halogens is 1. The van der Waals surface area contributed by atoms with E-state index in [1.165, 1.54) is 6.07 Å². The Labute approximate surface area is 84.6 Å². The van der Waals surface area contributed by atoms with Crippen molar-refractivity contribution in [1.82, 2.24) is 0 Å². The monoisotopic (exact) mass is 213 g/mol. The van der Waals surface area contributed by atoms with Crippen LogP contribution in [0.3, 0.4) is 0 Å². The molecule has 0 aliphatic carbocycles. The van der Waals surface area contributed by atoms with E-state index in [4.69, 9.17) is 9.47 Å². The molecule has 1 fully saturated rings. The molecule has 2 rings (SSSR count). The molecule has 1 aliphatic heterocycles. The molecule has 0 unspecified atom stereocenters. The molecule has 1 saturated heterocycles. The number of hydrogen-bond donors (Lipinski definition) is 0. The summed E-state index contributed by atoms with van der Waals surface area (Å²) >= 11 is 0. The highest BCUT2D eigenvalue weighted by Gasteiger charge is 2.29. The smallest absolute Gasteiger partial charge is 0.304 e. The summed E-state index contributed by atoms with van der Waals surface area (Å²) in [6.45, 7) is 1.71. The molecule has 1 aromatic carbocycles. The summed E-state index contributed by atoms with van der Waals surface area (Å²) in [6.07, 6.45) is -0.927. The van der Waals surface area contributed by atoms with Crippen LogP contribution in [0, 0.1) is 15.9 Å². The number of ether oxygens (including phenoxy) is 2. The van der Waals surface area contributed by atoms with Gasteiger partial charge in [0.2, 0.25) is 5.82 Å². The maximum atomic E-state index is 13.2. The van der Waals surface area contributed by atoms with Crippen molar-refractivity contribution in [3.63, 3.8) is 0 Å². The Kier molecular flexibility index (Phi) is 2.37. The first-order valence-corrected chi connectivity index (χ1v) is 4.32. The highest BCUT2D eigenvalue weighted by molar-refractivity contribution is 5.35. The normalized spacial score (nSPS) is 24.7. The molecule has 0 atom stereocenters. The number of nitro benzene ring substituents is 1. The predicted octanol–water partition coefficient (Wildman–Crippen LogP) is 2.13. The van der Waals surface area contributed by atoms with E-state index >= 15 is 0 Å². The topological polar surface area (TPSA) is 61.6 Å². The third-order valence-corrected chi connectivity index (χ3v) is 2.07. The minimum Gasteiger partial charge on any atom is -0.320 e. The molecule has 0 radical (unpaired) electrons. The summed E-state index contributed by atoms with van der Waals surface area (Å²) < 4.78 is 23.4. The summed E-state index contributed by atoms with van der Waals surface area (Å²) in [5, 5.41) is 10.3.